The first-order chi connectivity index (χ1) is 15.6. The van der Waals surface area contributed by atoms with E-state index < -0.39 is 40.7 Å². The number of carbonyl (C=O) groups excluding carboxylic acids is 1. The van der Waals surface area contributed by atoms with Crippen molar-refractivity contribution in [3.8, 4) is 28.3 Å². The maximum Gasteiger partial charge on any atom is 0.434 e. The maximum atomic E-state index is 14.5. The van der Waals surface area contributed by atoms with Crippen molar-refractivity contribution in [2.24, 2.45) is 0 Å². The quantitative estimate of drug-likeness (QED) is 0.357. The predicted octanol–water partition coefficient (Wildman–Crippen LogP) is 6.10. The minimum Gasteiger partial charge on any atom is -0.353 e. The minimum absolute atomic E-state index is 0.104. The molecular formula is C21H12ClF5N4O2. The first-order valence-electron chi connectivity index (χ1n) is 9.21. The van der Waals surface area contributed by atoms with Gasteiger partial charge in [0, 0.05) is 6.92 Å². The van der Waals surface area contributed by atoms with E-state index in [1.807, 2.05) is 0 Å². The van der Waals surface area contributed by atoms with Crippen molar-refractivity contribution in [3.05, 3.63) is 71.0 Å². The van der Waals surface area contributed by atoms with Crippen molar-refractivity contribution >= 4 is 23.2 Å². The van der Waals surface area contributed by atoms with Crippen LogP contribution in [0.2, 0.25) is 5.02 Å². The van der Waals surface area contributed by atoms with Gasteiger partial charge >= 0.3 is 6.18 Å². The molecule has 1 amide bonds. The van der Waals surface area contributed by atoms with Gasteiger partial charge in [-0.25, -0.2) is 13.5 Å². The lowest BCUT2D eigenvalue weighted by molar-refractivity contribution is -0.142. The van der Waals surface area contributed by atoms with Crippen LogP contribution in [-0.4, -0.2) is 20.8 Å². The van der Waals surface area contributed by atoms with E-state index in [0.717, 1.165) is 31.3 Å². The third-order valence-corrected chi connectivity index (χ3v) is 4.84. The van der Waals surface area contributed by atoms with E-state index >= 15 is 0 Å². The molecule has 2 aromatic carbocycles. The molecule has 0 saturated carbocycles. The summed E-state index contributed by atoms with van der Waals surface area (Å²) in [5, 5.41) is 9.64. The molecule has 0 radical (unpaired) electrons. The Morgan fingerprint density at radius 2 is 1.88 bits per heavy atom. The summed E-state index contributed by atoms with van der Waals surface area (Å²) < 4.78 is 76.0. The van der Waals surface area contributed by atoms with Crippen molar-refractivity contribution in [2.75, 3.05) is 5.32 Å². The summed E-state index contributed by atoms with van der Waals surface area (Å²) in [6.07, 6.45) is -4.15. The Labute approximate surface area is 187 Å². The van der Waals surface area contributed by atoms with E-state index in [1.165, 1.54) is 24.3 Å². The Balaban J connectivity index is 1.99. The van der Waals surface area contributed by atoms with Crippen LogP contribution in [-0.2, 0) is 11.0 Å². The van der Waals surface area contributed by atoms with Crippen LogP contribution in [0.5, 0.6) is 0 Å². The molecule has 6 nitrogen and oxygen atoms in total. The first-order valence-corrected chi connectivity index (χ1v) is 9.59. The largest absolute Gasteiger partial charge is 0.434 e. The SMILES string of the molecule is CC(=O)Nc1c(-c2c(F)cccc2Cl)noc1-c1cnn(-c2cccc(F)c2)c1C(F)(F)F. The van der Waals surface area contributed by atoms with Crippen molar-refractivity contribution in [2.45, 2.75) is 13.1 Å². The van der Waals surface area contributed by atoms with Crippen LogP contribution in [0.4, 0.5) is 27.6 Å². The third-order valence-electron chi connectivity index (χ3n) is 4.53. The second-order valence-corrected chi connectivity index (χ2v) is 7.22. The molecule has 0 aliphatic carbocycles. The number of carbonyl (C=O) groups is 1. The van der Waals surface area contributed by atoms with Crippen molar-refractivity contribution < 1.29 is 31.3 Å². The molecule has 2 aromatic heterocycles. The molecule has 170 valence electrons. The number of halogens is 6. The Kier molecular flexibility index (Phi) is 5.66. The van der Waals surface area contributed by atoms with Crippen molar-refractivity contribution in [1.82, 2.24) is 14.9 Å². The monoisotopic (exact) mass is 482 g/mol. The van der Waals surface area contributed by atoms with Crippen LogP contribution in [0, 0.1) is 11.6 Å². The molecule has 2 heterocycles. The van der Waals surface area contributed by atoms with Gasteiger partial charge in [0.2, 0.25) is 5.91 Å². The summed E-state index contributed by atoms with van der Waals surface area (Å²) in [5.74, 6) is -2.82. The molecule has 0 aliphatic rings. The van der Waals surface area contributed by atoms with Gasteiger partial charge in [0.05, 0.1) is 28.0 Å². The molecule has 4 aromatic rings. The number of amides is 1. The molecule has 0 unspecified atom stereocenters. The van der Waals surface area contributed by atoms with Gasteiger partial charge in [-0.2, -0.15) is 18.3 Å². The number of hydrogen-bond acceptors (Lipinski definition) is 4. The third kappa shape index (κ3) is 4.19. The van der Waals surface area contributed by atoms with Crippen LogP contribution >= 0.6 is 11.6 Å². The molecular weight excluding hydrogens is 471 g/mol. The molecule has 12 heteroatoms. The minimum atomic E-state index is -4.98. The van der Waals surface area contributed by atoms with E-state index in [1.54, 1.807) is 0 Å². The molecule has 0 spiro atoms. The lowest BCUT2D eigenvalue weighted by Crippen LogP contribution is -2.15. The van der Waals surface area contributed by atoms with Crippen molar-refractivity contribution in [1.29, 1.82) is 0 Å². The molecule has 0 saturated heterocycles. The number of anilines is 1. The molecule has 33 heavy (non-hydrogen) atoms. The lowest BCUT2D eigenvalue weighted by atomic mass is 10.1. The number of hydrogen-bond donors (Lipinski definition) is 1. The molecule has 0 aliphatic heterocycles. The molecule has 0 atom stereocenters. The van der Waals surface area contributed by atoms with Gasteiger partial charge in [-0.15, -0.1) is 0 Å². The summed E-state index contributed by atoms with van der Waals surface area (Å²) >= 11 is 6.06. The van der Waals surface area contributed by atoms with E-state index in [-0.39, 0.29) is 27.7 Å². The van der Waals surface area contributed by atoms with E-state index in [9.17, 15) is 26.7 Å². The van der Waals surface area contributed by atoms with Gasteiger partial charge in [-0.3, -0.25) is 4.79 Å². The predicted molar refractivity (Wildman–Crippen MR) is 109 cm³/mol. The van der Waals surface area contributed by atoms with E-state index in [0.29, 0.717) is 4.68 Å². The first kappa shape index (κ1) is 22.5. The number of benzene rings is 2. The van der Waals surface area contributed by atoms with Gasteiger partial charge in [0.1, 0.15) is 23.0 Å². The zero-order valence-electron chi connectivity index (χ0n) is 16.5. The Morgan fingerprint density at radius 1 is 1.15 bits per heavy atom. The second kappa shape index (κ2) is 8.32. The summed E-state index contributed by atoms with van der Waals surface area (Å²) in [7, 11) is 0. The maximum absolute atomic E-state index is 14.5. The Bertz CT molecular complexity index is 1340. The fourth-order valence-corrected chi connectivity index (χ4v) is 3.50. The Morgan fingerprint density at radius 3 is 2.52 bits per heavy atom. The standard InChI is InChI=1S/C21H12ClF5N4O2/c1-10(32)29-18-17(16-14(22)6-3-7-15(16)24)30-33-19(18)13-9-28-31(20(13)21(25,26)27)12-5-2-4-11(23)8-12/h2-9H,1H3,(H,29,32). The van der Waals surface area contributed by atoms with E-state index in [2.05, 4.69) is 15.6 Å². The fourth-order valence-electron chi connectivity index (χ4n) is 3.25. The zero-order valence-corrected chi connectivity index (χ0v) is 17.3. The average molecular weight is 483 g/mol. The Hall–Kier alpha value is -3.73. The molecule has 0 fully saturated rings. The number of alkyl halides is 3. The van der Waals surface area contributed by atoms with Crippen LogP contribution in [0.15, 0.2) is 53.2 Å². The highest BCUT2D eigenvalue weighted by Gasteiger charge is 2.41. The van der Waals surface area contributed by atoms with Crippen LogP contribution < -0.4 is 5.32 Å². The van der Waals surface area contributed by atoms with Crippen LogP contribution in [0.1, 0.15) is 12.6 Å². The number of nitrogens with zero attached hydrogens (tertiary/aromatic N) is 3. The van der Waals surface area contributed by atoms with Gasteiger partial charge in [-0.05, 0) is 30.3 Å². The summed E-state index contributed by atoms with van der Waals surface area (Å²) in [6.45, 7) is 1.10. The topological polar surface area (TPSA) is 73.0 Å². The smallest absolute Gasteiger partial charge is 0.353 e. The normalized spacial score (nSPS) is 11.6. The molecule has 1 N–H and O–H groups in total. The van der Waals surface area contributed by atoms with Gasteiger partial charge < -0.3 is 9.84 Å². The summed E-state index contributed by atoms with van der Waals surface area (Å²) in [4.78, 5) is 11.8. The number of aromatic nitrogens is 3. The van der Waals surface area contributed by atoms with Gasteiger partial charge in [0.25, 0.3) is 0 Å². The van der Waals surface area contributed by atoms with Gasteiger partial charge in [0.15, 0.2) is 11.5 Å². The zero-order chi connectivity index (χ0) is 23.9. The van der Waals surface area contributed by atoms with Crippen LogP contribution in [0.3, 0.4) is 0 Å². The number of nitrogens with one attached hydrogen (secondary N) is 1. The summed E-state index contributed by atoms with van der Waals surface area (Å²) in [5.41, 5.74) is -3.05. The highest BCUT2D eigenvalue weighted by Crippen LogP contribution is 2.45. The fraction of sp³-hybridized carbons (Fsp3) is 0.0952. The average Bonchev–Trinajstić information content (AvgIpc) is 3.32. The summed E-state index contributed by atoms with van der Waals surface area (Å²) in [6, 6.07) is 8.12. The lowest BCUT2D eigenvalue weighted by Gasteiger charge is -2.13. The van der Waals surface area contributed by atoms with Crippen molar-refractivity contribution in [3.63, 3.8) is 0 Å². The molecule has 4 rings (SSSR count). The highest BCUT2D eigenvalue weighted by molar-refractivity contribution is 6.33. The van der Waals surface area contributed by atoms with Crippen LogP contribution in [0.25, 0.3) is 28.3 Å². The van der Waals surface area contributed by atoms with E-state index in [4.69, 9.17) is 16.1 Å². The number of rotatable bonds is 4. The highest BCUT2D eigenvalue weighted by atomic mass is 35.5. The second-order valence-electron chi connectivity index (χ2n) is 6.81. The molecule has 0 bridgehead atoms. The van der Waals surface area contributed by atoms with Gasteiger partial charge in [-0.1, -0.05) is 28.9 Å².